The molecule has 0 aliphatic carbocycles. The number of aryl methyl sites for hydroxylation is 1. The van der Waals surface area contributed by atoms with Crippen LogP contribution in [0.5, 0.6) is 5.75 Å². The van der Waals surface area contributed by atoms with Crippen LogP contribution in [0.2, 0.25) is 0 Å². The van der Waals surface area contributed by atoms with E-state index in [1.54, 1.807) is 24.3 Å². The standard InChI is InChI=1S/C22H26BrNO5S/c1-14-4-7-16(8-5-14)24-21(27)29-20(17-12-15(23)6-9-18(17)25)22(2,3)10-11-28-19(26)13-30/h4-9,12,20,25,30H,10-11,13H2,1-3H3,(H,24,27)/t20-/m0/s1. The molecule has 0 spiro atoms. The number of anilines is 1. The molecular formula is C22H26BrNO5S. The number of aromatic hydroxyl groups is 1. The van der Waals surface area contributed by atoms with Crippen molar-refractivity contribution in [1.29, 1.82) is 0 Å². The van der Waals surface area contributed by atoms with Crippen LogP contribution in [0.15, 0.2) is 46.9 Å². The van der Waals surface area contributed by atoms with Gasteiger partial charge in [-0.25, -0.2) is 4.79 Å². The molecule has 1 amide bonds. The number of hydrogen-bond donors (Lipinski definition) is 3. The van der Waals surface area contributed by atoms with Crippen molar-refractivity contribution in [1.82, 2.24) is 0 Å². The number of phenols is 1. The zero-order valence-corrected chi connectivity index (χ0v) is 19.6. The molecule has 0 radical (unpaired) electrons. The number of carbonyl (C=O) groups is 2. The first-order valence-electron chi connectivity index (χ1n) is 9.41. The van der Waals surface area contributed by atoms with Crippen LogP contribution in [0.3, 0.4) is 0 Å². The normalized spacial score (nSPS) is 12.2. The van der Waals surface area contributed by atoms with Gasteiger partial charge in [-0.15, -0.1) is 0 Å². The highest BCUT2D eigenvalue weighted by Gasteiger charge is 2.36. The summed E-state index contributed by atoms with van der Waals surface area (Å²) >= 11 is 7.29. The molecule has 0 unspecified atom stereocenters. The number of phenolic OH excluding ortho intramolecular Hbond substituents is 1. The Labute approximate surface area is 190 Å². The Bertz CT molecular complexity index is 886. The molecule has 2 aromatic carbocycles. The van der Waals surface area contributed by atoms with E-state index in [0.29, 0.717) is 17.7 Å². The maximum atomic E-state index is 12.6. The SMILES string of the molecule is Cc1ccc(NC(=O)O[C@@H](c2cc(Br)ccc2O)C(C)(C)CCOC(=O)CS)cc1. The van der Waals surface area contributed by atoms with Crippen LogP contribution in [0.1, 0.15) is 37.5 Å². The summed E-state index contributed by atoms with van der Waals surface area (Å²) in [5, 5.41) is 13.1. The number of rotatable bonds is 8. The van der Waals surface area contributed by atoms with Gasteiger partial charge in [0.15, 0.2) is 0 Å². The molecule has 6 nitrogen and oxygen atoms in total. The number of nitrogens with one attached hydrogen (secondary N) is 1. The molecule has 8 heteroatoms. The second-order valence-electron chi connectivity index (χ2n) is 7.60. The second-order valence-corrected chi connectivity index (χ2v) is 8.83. The summed E-state index contributed by atoms with van der Waals surface area (Å²) in [4.78, 5) is 24.0. The quantitative estimate of drug-likeness (QED) is 0.325. The third-order valence-electron chi connectivity index (χ3n) is 4.64. The number of amides is 1. The lowest BCUT2D eigenvalue weighted by atomic mass is 9.79. The average molecular weight is 496 g/mol. The minimum atomic E-state index is -0.796. The summed E-state index contributed by atoms with van der Waals surface area (Å²) < 4.78 is 11.6. The summed E-state index contributed by atoms with van der Waals surface area (Å²) in [5.74, 6) is -0.424. The molecule has 2 N–H and O–H groups in total. The zero-order chi connectivity index (χ0) is 22.3. The number of ether oxygens (including phenoxy) is 2. The Kier molecular flexibility index (Phi) is 8.61. The summed E-state index contributed by atoms with van der Waals surface area (Å²) in [5.41, 5.74) is 1.47. The van der Waals surface area contributed by atoms with E-state index in [1.807, 2.05) is 32.9 Å². The Morgan fingerprint density at radius 2 is 1.87 bits per heavy atom. The lowest BCUT2D eigenvalue weighted by Gasteiger charge is -2.34. The number of carbonyl (C=O) groups excluding carboxylic acids is 2. The van der Waals surface area contributed by atoms with Crippen LogP contribution in [-0.4, -0.2) is 29.5 Å². The van der Waals surface area contributed by atoms with Gasteiger partial charge in [-0.1, -0.05) is 47.5 Å². The molecule has 0 aromatic heterocycles. The van der Waals surface area contributed by atoms with Crippen molar-refractivity contribution in [3.05, 3.63) is 58.1 Å². The minimum Gasteiger partial charge on any atom is -0.508 e. The first kappa shape index (κ1) is 24.1. The van der Waals surface area contributed by atoms with E-state index in [2.05, 4.69) is 33.9 Å². The van der Waals surface area contributed by atoms with Gasteiger partial charge in [0, 0.05) is 21.1 Å². The van der Waals surface area contributed by atoms with Crippen LogP contribution < -0.4 is 5.32 Å². The predicted molar refractivity (Wildman–Crippen MR) is 123 cm³/mol. The van der Waals surface area contributed by atoms with Gasteiger partial charge in [-0.3, -0.25) is 10.1 Å². The lowest BCUT2D eigenvalue weighted by Crippen LogP contribution is -2.30. The van der Waals surface area contributed by atoms with Crippen LogP contribution in [0.4, 0.5) is 10.5 Å². The summed E-state index contributed by atoms with van der Waals surface area (Å²) in [6.07, 6.45) is -1.04. The maximum Gasteiger partial charge on any atom is 0.412 e. The molecule has 0 saturated heterocycles. The third kappa shape index (κ3) is 6.95. The van der Waals surface area contributed by atoms with Gasteiger partial charge in [-0.05, 0) is 43.7 Å². The van der Waals surface area contributed by atoms with Crippen LogP contribution >= 0.6 is 28.6 Å². The maximum absolute atomic E-state index is 12.6. The highest BCUT2D eigenvalue weighted by Crippen LogP contribution is 2.43. The van der Waals surface area contributed by atoms with Crippen molar-refractivity contribution in [2.24, 2.45) is 5.41 Å². The van der Waals surface area contributed by atoms with Gasteiger partial charge in [0.1, 0.15) is 11.9 Å². The number of benzene rings is 2. The van der Waals surface area contributed by atoms with Crippen molar-refractivity contribution in [3.8, 4) is 5.75 Å². The first-order valence-corrected chi connectivity index (χ1v) is 10.8. The number of hydrogen-bond acceptors (Lipinski definition) is 6. The summed E-state index contributed by atoms with van der Waals surface area (Å²) in [6.45, 7) is 5.86. The molecule has 30 heavy (non-hydrogen) atoms. The number of thiol groups is 1. The summed E-state index contributed by atoms with van der Waals surface area (Å²) in [6, 6.07) is 12.3. The Balaban J connectivity index is 2.24. The van der Waals surface area contributed by atoms with Crippen molar-refractivity contribution in [3.63, 3.8) is 0 Å². The van der Waals surface area contributed by atoms with E-state index in [-0.39, 0.29) is 18.1 Å². The molecule has 0 heterocycles. The number of halogens is 1. The molecule has 162 valence electrons. The Morgan fingerprint density at radius 3 is 2.50 bits per heavy atom. The molecule has 0 aliphatic heterocycles. The molecule has 2 aromatic rings. The largest absolute Gasteiger partial charge is 0.508 e. The van der Waals surface area contributed by atoms with Crippen molar-refractivity contribution >= 4 is 46.3 Å². The zero-order valence-electron chi connectivity index (χ0n) is 17.1. The van der Waals surface area contributed by atoms with Crippen LogP contribution in [0, 0.1) is 12.3 Å². The van der Waals surface area contributed by atoms with Crippen molar-refractivity contribution in [2.45, 2.75) is 33.3 Å². The van der Waals surface area contributed by atoms with Gasteiger partial charge in [0.2, 0.25) is 0 Å². The average Bonchev–Trinajstić information content (AvgIpc) is 2.69. The van der Waals surface area contributed by atoms with E-state index < -0.39 is 23.6 Å². The van der Waals surface area contributed by atoms with Crippen molar-refractivity contribution in [2.75, 3.05) is 17.7 Å². The highest BCUT2D eigenvalue weighted by atomic mass is 79.9. The molecule has 2 rings (SSSR count). The van der Waals surface area contributed by atoms with Crippen LogP contribution in [0.25, 0.3) is 0 Å². The topological polar surface area (TPSA) is 84.9 Å². The number of esters is 1. The van der Waals surface area contributed by atoms with E-state index in [1.165, 1.54) is 6.07 Å². The van der Waals surface area contributed by atoms with E-state index in [4.69, 9.17) is 9.47 Å². The Morgan fingerprint density at radius 1 is 1.20 bits per heavy atom. The fraction of sp³-hybridized carbons (Fsp3) is 0.364. The highest BCUT2D eigenvalue weighted by molar-refractivity contribution is 9.10. The fourth-order valence-electron chi connectivity index (χ4n) is 2.88. The lowest BCUT2D eigenvalue weighted by molar-refractivity contribution is -0.141. The van der Waals surface area contributed by atoms with E-state index in [0.717, 1.165) is 10.0 Å². The first-order chi connectivity index (χ1) is 14.1. The fourth-order valence-corrected chi connectivity index (χ4v) is 3.35. The van der Waals surface area contributed by atoms with E-state index in [9.17, 15) is 14.7 Å². The molecular weight excluding hydrogens is 470 g/mol. The predicted octanol–water partition coefficient (Wildman–Crippen LogP) is 5.64. The molecule has 0 aliphatic rings. The van der Waals surface area contributed by atoms with Crippen LogP contribution in [-0.2, 0) is 14.3 Å². The van der Waals surface area contributed by atoms with Gasteiger partial charge in [0.25, 0.3) is 0 Å². The molecule has 0 saturated carbocycles. The monoisotopic (exact) mass is 495 g/mol. The van der Waals surface area contributed by atoms with Crippen molar-refractivity contribution < 1.29 is 24.2 Å². The van der Waals surface area contributed by atoms with Gasteiger partial charge >= 0.3 is 12.1 Å². The molecule has 1 atom stereocenters. The molecule has 0 bridgehead atoms. The van der Waals surface area contributed by atoms with Gasteiger partial charge in [0.05, 0.1) is 12.4 Å². The molecule has 0 fully saturated rings. The van der Waals surface area contributed by atoms with Gasteiger partial charge < -0.3 is 14.6 Å². The third-order valence-corrected chi connectivity index (χ3v) is 5.39. The smallest absolute Gasteiger partial charge is 0.412 e. The Hall–Kier alpha value is -2.19. The van der Waals surface area contributed by atoms with Gasteiger partial charge in [-0.2, -0.15) is 12.6 Å². The minimum absolute atomic E-state index is 0.00626. The second kappa shape index (κ2) is 10.7. The van der Waals surface area contributed by atoms with E-state index >= 15 is 0 Å². The summed E-state index contributed by atoms with van der Waals surface area (Å²) in [7, 11) is 0.